The summed E-state index contributed by atoms with van der Waals surface area (Å²) < 4.78 is 0. The third-order valence-corrected chi connectivity index (χ3v) is 3.64. The molecule has 114 valence electrons. The molecular formula is C14H31IN4. The van der Waals surface area contributed by atoms with Crippen LogP contribution in [0.1, 0.15) is 46.5 Å². The lowest BCUT2D eigenvalue weighted by atomic mass is 10.2. The average molecular weight is 382 g/mol. The number of hydrogen-bond acceptors (Lipinski definition) is 2. The van der Waals surface area contributed by atoms with Gasteiger partial charge in [0.15, 0.2) is 5.96 Å². The molecule has 0 aromatic heterocycles. The Morgan fingerprint density at radius 1 is 1.32 bits per heavy atom. The van der Waals surface area contributed by atoms with E-state index in [1.165, 1.54) is 25.7 Å². The minimum absolute atomic E-state index is 0. The molecule has 0 heterocycles. The largest absolute Gasteiger partial charge is 0.357 e. The molecule has 0 aliphatic heterocycles. The van der Waals surface area contributed by atoms with Crippen molar-refractivity contribution in [1.29, 1.82) is 0 Å². The van der Waals surface area contributed by atoms with Crippen LogP contribution in [0.4, 0.5) is 0 Å². The van der Waals surface area contributed by atoms with Gasteiger partial charge in [0.05, 0.1) is 6.54 Å². The van der Waals surface area contributed by atoms with Crippen molar-refractivity contribution in [3.8, 4) is 0 Å². The van der Waals surface area contributed by atoms with Gasteiger partial charge in [0.2, 0.25) is 0 Å². The maximum Gasteiger partial charge on any atom is 0.191 e. The van der Waals surface area contributed by atoms with Crippen LogP contribution in [0.2, 0.25) is 0 Å². The number of guanidine groups is 1. The maximum atomic E-state index is 4.65. The molecule has 1 rings (SSSR count). The molecule has 0 radical (unpaired) electrons. The van der Waals surface area contributed by atoms with E-state index >= 15 is 0 Å². The summed E-state index contributed by atoms with van der Waals surface area (Å²) >= 11 is 0. The van der Waals surface area contributed by atoms with Crippen LogP contribution in [-0.4, -0.2) is 49.6 Å². The predicted octanol–water partition coefficient (Wildman–Crippen LogP) is 2.44. The second kappa shape index (κ2) is 10.7. The first-order valence-corrected chi connectivity index (χ1v) is 7.38. The summed E-state index contributed by atoms with van der Waals surface area (Å²) in [6.07, 6.45) is 5.28. The second-order valence-corrected chi connectivity index (χ2v) is 5.46. The van der Waals surface area contributed by atoms with Crippen molar-refractivity contribution in [2.24, 2.45) is 4.99 Å². The molecule has 0 aromatic carbocycles. The summed E-state index contributed by atoms with van der Waals surface area (Å²) in [7, 11) is 2.15. The fraction of sp³-hybridized carbons (Fsp3) is 0.929. The fourth-order valence-electron chi connectivity index (χ4n) is 2.16. The molecule has 1 saturated carbocycles. The molecule has 1 aliphatic carbocycles. The Morgan fingerprint density at radius 3 is 2.47 bits per heavy atom. The van der Waals surface area contributed by atoms with Gasteiger partial charge in [-0.3, -0.25) is 4.99 Å². The Hall–Kier alpha value is -0.0400. The van der Waals surface area contributed by atoms with Gasteiger partial charge in [-0.1, -0.05) is 12.8 Å². The average Bonchev–Trinajstić information content (AvgIpc) is 2.81. The molecule has 19 heavy (non-hydrogen) atoms. The molecule has 0 aromatic rings. The van der Waals surface area contributed by atoms with E-state index in [0.717, 1.165) is 25.6 Å². The Bertz CT molecular complexity index is 250. The highest BCUT2D eigenvalue weighted by Crippen LogP contribution is 2.17. The van der Waals surface area contributed by atoms with E-state index in [0.29, 0.717) is 12.1 Å². The smallest absolute Gasteiger partial charge is 0.191 e. The van der Waals surface area contributed by atoms with E-state index < -0.39 is 0 Å². The summed E-state index contributed by atoms with van der Waals surface area (Å²) in [6.45, 7) is 9.34. The molecule has 0 atom stereocenters. The minimum Gasteiger partial charge on any atom is -0.357 e. The summed E-state index contributed by atoms with van der Waals surface area (Å²) in [5, 5.41) is 6.87. The van der Waals surface area contributed by atoms with Gasteiger partial charge in [-0.15, -0.1) is 24.0 Å². The number of hydrogen-bond donors (Lipinski definition) is 2. The SMILES string of the molecule is CCNC(=NCCN(C)C(C)C)NC1CCCC1.I. The maximum absolute atomic E-state index is 4.65. The van der Waals surface area contributed by atoms with Gasteiger partial charge in [-0.25, -0.2) is 0 Å². The van der Waals surface area contributed by atoms with Crippen LogP contribution in [-0.2, 0) is 0 Å². The molecule has 5 heteroatoms. The highest BCUT2D eigenvalue weighted by atomic mass is 127. The lowest BCUT2D eigenvalue weighted by molar-refractivity contribution is 0.282. The lowest BCUT2D eigenvalue weighted by Gasteiger charge is -2.21. The first-order valence-electron chi connectivity index (χ1n) is 7.38. The number of halogens is 1. The van der Waals surface area contributed by atoms with E-state index in [4.69, 9.17) is 0 Å². The number of nitrogens with zero attached hydrogens (tertiary/aromatic N) is 2. The van der Waals surface area contributed by atoms with Crippen LogP contribution in [0, 0.1) is 0 Å². The Morgan fingerprint density at radius 2 is 1.95 bits per heavy atom. The summed E-state index contributed by atoms with van der Waals surface area (Å²) in [5.74, 6) is 0.988. The molecule has 0 saturated heterocycles. The number of likely N-dealkylation sites (N-methyl/N-ethyl adjacent to an activating group) is 1. The summed E-state index contributed by atoms with van der Waals surface area (Å²) in [4.78, 5) is 6.97. The standard InChI is InChI=1S/C14H30N4.HI/c1-5-15-14(17-13-8-6-7-9-13)16-10-11-18(4)12(2)3;/h12-13H,5-11H2,1-4H3,(H2,15,16,17);1H. The van der Waals surface area contributed by atoms with Crippen molar-refractivity contribution < 1.29 is 0 Å². The molecule has 4 nitrogen and oxygen atoms in total. The van der Waals surface area contributed by atoms with Crippen LogP contribution in [0.25, 0.3) is 0 Å². The molecule has 1 aliphatic rings. The quantitative estimate of drug-likeness (QED) is 0.421. The van der Waals surface area contributed by atoms with Crippen LogP contribution in [0.5, 0.6) is 0 Å². The molecule has 0 unspecified atom stereocenters. The van der Waals surface area contributed by atoms with Gasteiger partial charge >= 0.3 is 0 Å². The zero-order valence-electron chi connectivity index (χ0n) is 12.9. The fourth-order valence-corrected chi connectivity index (χ4v) is 2.16. The third-order valence-electron chi connectivity index (χ3n) is 3.64. The third kappa shape index (κ3) is 7.97. The minimum atomic E-state index is 0. The molecule has 2 N–H and O–H groups in total. The Kier molecular flexibility index (Phi) is 10.7. The normalized spacial score (nSPS) is 16.8. The van der Waals surface area contributed by atoms with Crippen LogP contribution < -0.4 is 10.6 Å². The summed E-state index contributed by atoms with van der Waals surface area (Å²) in [5.41, 5.74) is 0. The monoisotopic (exact) mass is 382 g/mol. The highest BCUT2D eigenvalue weighted by molar-refractivity contribution is 14.0. The highest BCUT2D eigenvalue weighted by Gasteiger charge is 2.15. The van der Waals surface area contributed by atoms with E-state index in [1.54, 1.807) is 0 Å². The summed E-state index contributed by atoms with van der Waals surface area (Å²) in [6, 6.07) is 1.22. The van der Waals surface area contributed by atoms with E-state index in [2.05, 4.69) is 48.3 Å². The van der Waals surface area contributed by atoms with Gasteiger partial charge in [-0.05, 0) is 40.7 Å². The molecule has 0 amide bonds. The number of rotatable bonds is 6. The van der Waals surface area contributed by atoms with Gasteiger partial charge in [0, 0.05) is 25.2 Å². The Labute approximate surface area is 135 Å². The van der Waals surface area contributed by atoms with Crippen LogP contribution in [0.3, 0.4) is 0 Å². The van der Waals surface area contributed by atoms with E-state index in [-0.39, 0.29) is 24.0 Å². The predicted molar refractivity (Wildman–Crippen MR) is 94.6 cm³/mol. The number of nitrogens with one attached hydrogen (secondary N) is 2. The van der Waals surface area contributed by atoms with Gasteiger partial charge < -0.3 is 15.5 Å². The number of aliphatic imine (C=N–C) groups is 1. The van der Waals surface area contributed by atoms with E-state index in [9.17, 15) is 0 Å². The van der Waals surface area contributed by atoms with Crippen molar-refractivity contribution in [2.75, 3.05) is 26.7 Å². The second-order valence-electron chi connectivity index (χ2n) is 5.46. The molecule has 1 fully saturated rings. The van der Waals surface area contributed by atoms with Crippen molar-refractivity contribution in [3.63, 3.8) is 0 Å². The van der Waals surface area contributed by atoms with Crippen LogP contribution in [0.15, 0.2) is 4.99 Å². The van der Waals surface area contributed by atoms with Crippen molar-refractivity contribution in [1.82, 2.24) is 15.5 Å². The van der Waals surface area contributed by atoms with E-state index in [1.807, 2.05) is 0 Å². The van der Waals surface area contributed by atoms with Gasteiger partial charge in [-0.2, -0.15) is 0 Å². The zero-order valence-corrected chi connectivity index (χ0v) is 15.2. The topological polar surface area (TPSA) is 39.7 Å². The first kappa shape index (κ1) is 19.0. The molecule has 0 bridgehead atoms. The Balaban J connectivity index is 0.00000324. The van der Waals surface area contributed by atoms with Crippen LogP contribution >= 0.6 is 24.0 Å². The lowest BCUT2D eigenvalue weighted by Crippen LogP contribution is -2.42. The van der Waals surface area contributed by atoms with Crippen molar-refractivity contribution >= 4 is 29.9 Å². The molecule has 0 spiro atoms. The van der Waals surface area contributed by atoms with Gasteiger partial charge in [0.1, 0.15) is 0 Å². The zero-order chi connectivity index (χ0) is 13.4. The van der Waals surface area contributed by atoms with Crippen molar-refractivity contribution in [2.45, 2.75) is 58.5 Å². The first-order chi connectivity index (χ1) is 8.63. The molecular weight excluding hydrogens is 351 g/mol. The van der Waals surface area contributed by atoms with Crippen molar-refractivity contribution in [3.05, 3.63) is 0 Å². The van der Waals surface area contributed by atoms with Gasteiger partial charge in [0.25, 0.3) is 0 Å².